The molecule has 0 unspecified atom stereocenters. The SMILES string of the molecule is COC(=O)N[C@H](C(=O)N1CCC[C@H]1c1ncc(-c2ccc3cc(-c4cnc([C@@H]5CCCN5C(=O)[C@H](NC(=O)OC)c5ccccc5)[nH]4)ccc3c2)[nH]1)C(C)C. The Morgan fingerprint density at radius 1 is 0.709 bits per heavy atom. The highest BCUT2D eigenvalue weighted by Crippen LogP contribution is 2.36. The molecule has 0 spiro atoms. The predicted octanol–water partition coefficient (Wildman–Crippen LogP) is 6.42. The first kappa shape index (κ1) is 37.1. The smallest absolute Gasteiger partial charge is 0.407 e. The number of amides is 4. The summed E-state index contributed by atoms with van der Waals surface area (Å²) in [7, 11) is 2.56. The molecule has 0 bridgehead atoms. The van der Waals surface area contributed by atoms with Crippen LogP contribution in [-0.4, -0.2) is 87.1 Å². The number of nitrogens with zero attached hydrogens (tertiary/aromatic N) is 4. The van der Waals surface area contributed by atoms with Crippen molar-refractivity contribution in [2.45, 2.75) is 63.7 Å². The lowest BCUT2D eigenvalue weighted by atomic mass is 10.0. The zero-order chi connectivity index (χ0) is 38.6. The van der Waals surface area contributed by atoms with E-state index in [1.165, 1.54) is 14.2 Å². The van der Waals surface area contributed by atoms with Gasteiger partial charge in [-0.1, -0.05) is 68.4 Å². The summed E-state index contributed by atoms with van der Waals surface area (Å²) >= 11 is 0. The number of imidazole rings is 2. The standard InChI is InChI=1S/C41H46N8O6/c1-24(2)34(46-40(52)54-3)38(50)48-18-8-12-32(48)36-42-22-30(44-36)28-16-14-27-21-29(17-15-26(27)20-28)31-23-43-37(45-31)33-13-9-19-49(33)39(51)35(47-41(53)55-4)25-10-6-5-7-11-25/h5-7,10-11,14-17,20-24,32-35H,8-9,12-13,18-19H2,1-4H3,(H,42,44)(H,43,45)(H,46,52)(H,47,53)/t32-,33-,34-,35+/m0/s1. The van der Waals surface area contributed by atoms with Gasteiger partial charge in [-0.05, 0) is 60.1 Å². The Balaban J connectivity index is 1.06. The van der Waals surface area contributed by atoms with Crippen LogP contribution >= 0.6 is 0 Å². The number of H-pyrrole nitrogens is 2. The number of benzene rings is 3. The topological polar surface area (TPSA) is 175 Å². The summed E-state index contributed by atoms with van der Waals surface area (Å²) in [6, 6.07) is 19.5. The number of aromatic amines is 2. The fraction of sp³-hybridized carbons (Fsp3) is 0.366. The first-order valence-corrected chi connectivity index (χ1v) is 18.6. The minimum absolute atomic E-state index is 0.113. The molecule has 55 heavy (non-hydrogen) atoms. The molecule has 0 aliphatic carbocycles. The highest BCUT2D eigenvalue weighted by Gasteiger charge is 2.38. The maximum atomic E-state index is 13.9. The van der Waals surface area contributed by atoms with Crippen molar-refractivity contribution in [1.82, 2.24) is 40.4 Å². The third-order valence-electron chi connectivity index (χ3n) is 10.6. The summed E-state index contributed by atoms with van der Waals surface area (Å²) in [5, 5.41) is 7.49. The molecule has 5 aromatic rings. The van der Waals surface area contributed by atoms with Gasteiger partial charge in [-0.25, -0.2) is 19.6 Å². The molecular weight excluding hydrogens is 701 g/mol. The van der Waals surface area contributed by atoms with Crippen LogP contribution in [0, 0.1) is 5.92 Å². The van der Waals surface area contributed by atoms with E-state index in [4.69, 9.17) is 19.4 Å². The molecule has 4 heterocycles. The Labute approximate surface area is 319 Å². The molecule has 4 N–H and O–H groups in total. The van der Waals surface area contributed by atoms with Gasteiger partial charge in [0, 0.05) is 24.2 Å². The van der Waals surface area contributed by atoms with Gasteiger partial charge >= 0.3 is 12.2 Å². The second kappa shape index (κ2) is 16.0. The third kappa shape index (κ3) is 7.75. The van der Waals surface area contributed by atoms with Crippen molar-refractivity contribution in [1.29, 1.82) is 0 Å². The molecule has 0 radical (unpaired) electrons. The number of hydrogen-bond donors (Lipinski definition) is 4. The number of alkyl carbamates (subject to hydrolysis) is 2. The Morgan fingerprint density at radius 2 is 1.22 bits per heavy atom. The fourth-order valence-corrected chi connectivity index (χ4v) is 7.67. The summed E-state index contributed by atoms with van der Waals surface area (Å²) in [6.45, 7) is 4.93. The van der Waals surface area contributed by atoms with Gasteiger partial charge in [0.2, 0.25) is 5.91 Å². The van der Waals surface area contributed by atoms with Crippen molar-refractivity contribution in [2.24, 2.45) is 5.92 Å². The maximum absolute atomic E-state index is 13.9. The lowest BCUT2D eigenvalue weighted by Gasteiger charge is -2.30. The first-order valence-electron chi connectivity index (χ1n) is 18.6. The number of rotatable bonds is 10. The van der Waals surface area contributed by atoms with Gasteiger partial charge in [-0.3, -0.25) is 9.59 Å². The lowest BCUT2D eigenvalue weighted by molar-refractivity contribution is -0.135. The Morgan fingerprint density at radius 3 is 1.73 bits per heavy atom. The van der Waals surface area contributed by atoms with Gasteiger partial charge in [0.05, 0.1) is 50.1 Å². The van der Waals surface area contributed by atoms with Crippen molar-refractivity contribution in [3.63, 3.8) is 0 Å². The van der Waals surface area contributed by atoms with E-state index in [-0.39, 0.29) is 29.8 Å². The van der Waals surface area contributed by atoms with Gasteiger partial charge in [0.1, 0.15) is 23.7 Å². The van der Waals surface area contributed by atoms with Crippen molar-refractivity contribution in [3.8, 4) is 22.5 Å². The Kier molecular flexibility index (Phi) is 10.8. The highest BCUT2D eigenvalue weighted by atomic mass is 16.5. The molecule has 3 aromatic carbocycles. The number of aromatic nitrogens is 4. The number of carbonyl (C=O) groups is 4. The molecule has 2 saturated heterocycles. The van der Waals surface area contributed by atoms with E-state index in [2.05, 4.69) is 44.9 Å². The maximum Gasteiger partial charge on any atom is 0.407 e. The lowest BCUT2D eigenvalue weighted by Crippen LogP contribution is -2.51. The number of fused-ring (bicyclic) bond motifs is 1. The third-order valence-corrected chi connectivity index (χ3v) is 10.6. The zero-order valence-electron chi connectivity index (χ0n) is 31.4. The molecule has 4 amide bonds. The van der Waals surface area contributed by atoms with Crippen LogP contribution in [0.4, 0.5) is 9.59 Å². The molecule has 2 fully saturated rings. The number of ether oxygens (including phenoxy) is 2. The molecule has 14 heteroatoms. The zero-order valence-corrected chi connectivity index (χ0v) is 31.4. The van der Waals surface area contributed by atoms with Crippen molar-refractivity contribution < 1.29 is 28.7 Å². The van der Waals surface area contributed by atoms with Crippen LogP contribution < -0.4 is 10.6 Å². The minimum Gasteiger partial charge on any atom is -0.453 e. The van der Waals surface area contributed by atoms with Crippen LogP contribution in [0.1, 0.15) is 74.9 Å². The average molecular weight is 747 g/mol. The van der Waals surface area contributed by atoms with Gasteiger partial charge in [0.15, 0.2) is 0 Å². The van der Waals surface area contributed by atoms with Gasteiger partial charge < -0.3 is 39.9 Å². The van der Waals surface area contributed by atoms with Crippen LogP contribution in [0.3, 0.4) is 0 Å². The number of hydrogen-bond acceptors (Lipinski definition) is 8. The summed E-state index contributed by atoms with van der Waals surface area (Å²) in [4.78, 5) is 71.6. The fourth-order valence-electron chi connectivity index (χ4n) is 7.67. The molecule has 0 saturated carbocycles. The van der Waals surface area contributed by atoms with E-state index >= 15 is 0 Å². The number of carbonyl (C=O) groups excluding carboxylic acids is 4. The van der Waals surface area contributed by atoms with Gasteiger partial charge in [-0.15, -0.1) is 0 Å². The molecule has 7 rings (SSSR count). The van der Waals surface area contributed by atoms with Crippen LogP contribution in [0.2, 0.25) is 0 Å². The molecule has 2 aromatic heterocycles. The van der Waals surface area contributed by atoms with Crippen LogP contribution in [0.25, 0.3) is 33.3 Å². The summed E-state index contributed by atoms with van der Waals surface area (Å²) in [5.41, 5.74) is 4.28. The van der Waals surface area contributed by atoms with Gasteiger partial charge in [0.25, 0.3) is 5.91 Å². The number of likely N-dealkylation sites (tertiary alicyclic amines) is 2. The van der Waals surface area contributed by atoms with Crippen LogP contribution in [0.15, 0.2) is 79.1 Å². The normalized spacial score (nSPS) is 18.0. The first-order chi connectivity index (χ1) is 26.6. The van der Waals surface area contributed by atoms with Crippen molar-refractivity contribution in [2.75, 3.05) is 27.3 Å². The summed E-state index contributed by atoms with van der Waals surface area (Å²) < 4.78 is 9.58. The summed E-state index contributed by atoms with van der Waals surface area (Å²) in [5.74, 6) is 0.927. The van der Waals surface area contributed by atoms with E-state index < -0.39 is 24.3 Å². The van der Waals surface area contributed by atoms with Crippen molar-refractivity contribution in [3.05, 3.63) is 96.3 Å². The number of nitrogens with one attached hydrogen (secondary N) is 4. The molecule has 2 aliphatic rings. The van der Waals surface area contributed by atoms with E-state index in [9.17, 15) is 19.2 Å². The van der Waals surface area contributed by atoms with Crippen LogP contribution in [0.5, 0.6) is 0 Å². The molecule has 4 atom stereocenters. The molecule has 14 nitrogen and oxygen atoms in total. The monoisotopic (exact) mass is 746 g/mol. The predicted molar refractivity (Wildman–Crippen MR) is 205 cm³/mol. The molecule has 2 aliphatic heterocycles. The van der Waals surface area contributed by atoms with Crippen LogP contribution in [-0.2, 0) is 19.1 Å². The largest absolute Gasteiger partial charge is 0.453 e. The molecular formula is C41H46N8O6. The second-order valence-electron chi connectivity index (χ2n) is 14.4. The molecule has 286 valence electrons. The minimum atomic E-state index is -0.886. The Hall–Kier alpha value is -6.18. The van der Waals surface area contributed by atoms with E-state index in [1.807, 2.05) is 56.3 Å². The van der Waals surface area contributed by atoms with E-state index in [0.29, 0.717) is 30.3 Å². The Bertz CT molecular complexity index is 2180. The average Bonchev–Trinajstić information content (AvgIpc) is 4.05. The number of methoxy groups -OCH3 is 2. The quantitative estimate of drug-likeness (QED) is 0.127. The van der Waals surface area contributed by atoms with E-state index in [0.717, 1.165) is 59.0 Å². The second-order valence-corrected chi connectivity index (χ2v) is 14.4. The van der Waals surface area contributed by atoms with E-state index in [1.54, 1.807) is 22.2 Å². The van der Waals surface area contributed by atoms with Crippen molar-refractivity contribution >= 4 is 34.8 Å². The van der Waals surface area contributed by atoms with Gasteiger partial charge in [-0.2, -0.15) is 0 Å². The highest BCUT2D eigenvalue weighted by molar-refractivity contribution is 5.91. The summed E-state index contributed by atoms with van der Waals surface area (Å²) in [6.07, 6.45) is 5.46.